The van der Waals surface area contributed by atoms with Crippen molar-refractivity contribution in [1.82, 2.24) is 19.8 Å². The molecule has 0 fully saturated rings. The van der Waals surface area contributed by atoms with Crippen LogP contribution >= 0.6 is 0 Å². The van der Waals surface area contributed by atoms with Gasteiger partial charge in [0.2, 0.25) is 5.95 Å². The summed E-state index contributed by atoms with van der Waals surface area (Å²) in [4.78, 5) is 28.6. The normalized spacial score (nSPS) is 13.1. The Bertz CT molecular complexity index is 824. The number of hydrogen-bond acceptors (Lipinski definition) is 6. The fourth-order valence-electron chi connectivity index (χ4n) is 3.53. The highest BCUT2D eigenvalue weighted by molar-refractivity contribution is 5.98. The molecule has 0 radical (unpaired) electrons. The number of carbonyl (C=O) groups excluding carboxylic acids is 1. The third-order valence-electron chi connectivity index (χ3n) is 5.06. The lowest BCUT2D eigenvalue weighted by Gasteiger charge is -2.25. The van der Waals surface area contributed by atoms with Gasteiger partial charge in [0, 0.05) is 38.3 Å². The Morgan fingerprint density at radius 3 is 2.55 bits per heavy atom. The first-order valence-electron chi connectivity index (χ1n) is 10.4. The van der Waals surface area contributed by atoms with E-state index in [2.05, 4.69) is 46.1 Å². The average Bonchev–Trinajstić information content (AvgIpc) is 3.02. The van der Waals surface area contributed by atoms with E-state index in [1.807, 2.05) is 37.2 Å². The largest absolute Gasteiger partial charge is 0.353 e. The topological polar surface area (TPSA) is 64.6 Å². The average molecular weight is 397 g/mol. The predicted octanol–water partition coefficient (Wildman–Crippen LogP) is 2.84. The summed E-state index contributed by atoms with van der Waals surface area (Å²) in [5, 5.41) is 3.30. The summed E-state index contributed by atoms with van der Waals surface area (Å²) < 4.78 is 0. The van der Waals surface area contributed by atoms with Gasteiger partial charge in [-0.3, -0.25) is 4.79 Å². The maximum absolute atomic E-state index is 12.9. The van der Waals surface area contributed by atoms with Crippen molar-refractivity contribution in [2.24, 2.45) is 0 Å². The molecule has 0 aliphatic carbocycles. The van der Waals surface area contributed by atoms with Gasteiger partial charge in [-0.1, -0.05) is 37.3 Å². The van der Waals surface area contributed by atoms with Gasteiger partial charge in [-0.2, -0.15) is 4.98 Å². The molecule has 0 spiro atoms. The van der Waals surface area contributed by atoms with Crippen LogP contribution in [0.25, 0.3) is 0 Å². The molecule has 0 atom stereocenters. The molecule has 2 heterocycles. The van der Waals surface area contributed by atoms with Crippen molar-refractivity contribution in [1.29, 1.82) is 0 Å². The fraction of sp³-hybridized carbons (Fsp3) is 0.500. The van der Waals surface area contributed by atoms with Gasteiger partial charge < -0.3 is 20.0 Å². The van der Waals surface area contributed by atoms with Crippen LogP contribution in [0.5, 0.6) is 0 Å². The van der Waals surface area contributed by atoms with Crippen molar-refractivity contribution in [3.05, 3.63) is 47.2 Å². The molecule has 0 saturated carbocycles. The van der Waals surface area contributed by atoms with Crippen LogP contribution in [-0.4, -0.2) is 65.9 Å². The Morgan fingerprint density at radius 1 is 1.14 bits per heavy atom. The number of anilines is 2. The summed E-state index contributed by atoms with van der Waals surface area (Å²) >= 11 is 0. The second-order valence-corrected chi connectivity index (χ2v) is 7.65. The smallest absolute Gasteiger partial charge is 0.273 e. The number of amides is 1. The zero-order valence-corrected chi connectivity index (χ0v) is 18.0. The number of benzene rings is 1. The lowest BCUT2D eigenvalue weighted by atomic mass is 10.2. The molecule has 1 aliphatic heterocycles. The molecule has 0 bridgehead atoms. The molecule has 1 amide bonds. The molecule has 1 aromatic carbocycles. The molecule has 1 N–H and O–H groups in total. The quantitative estimate of drug-likeness (QED) is 0.666. The highest BCUT2D eigenvalue weighted by Crippen LogP contribution is 2.31. The standard InChI is InChI=1S/C22H32N6O/c1-5-13-28-16-18-19(21(28)29)24-22(23-12-14-26(3)4)25-20(18)27(6-2)15-17-10-8-7-9-11-17/h7-11H,5-6,12-16H2,1-4H3,(H,23,24,25). The summed E-state index contributed by atoms with van der Waals surface area (Å²) in [6.45, 7) is 8.68. The number of carbonyl (C=O) groups is 1. The van der Waals surface area contributed by atoms with Crippen LogP contribution in [0.3, 0.4) is 0 Å². The summed E-state index contributed by atoms with van der Waals surface area (Å²) in [5.41, 5.74) is 2.71. The molecule has 1 aromatic heterocycles. The van der Waals surface area contributed by atoms with Gasteiger partial charge in [0.1, 0.15) is 11.5 Å². The van der Waals surface area contributed by atoms with Gasteiger partial charge in [-0.25, -0.2) is 4.98 Å². The van der Waals surface area contributed by atoms with E-state index in [4.69, 9.17) is 4.98 Å². The molecule has 0 saturated heterocycles. The Balaban J connectivity index is 1.94. The second kappa shape index (κ2) is 9.69. The highest BCUT2D eigenvalue weighted by atomic mass is 16.2. The van der Waals surface area contributed by atoms with Crippen LogP contribution in [0.4, 0.5) is 11.8 Å². The lowest BCUT2D eigenvalue weighted by molar-refractivity contribution is 0.0774. The number of aromatic nitrogens is 2. The maximum Gasteiger partial charge on any atom is 0.273 e. The Labute approximate surface area is 173 Å². The van der Waals surface area contributed by atoms with E-state index < -0.39 is 0 Å². The minimum Gasteiger partial charge on any atom is -0.353 e. The molecule has 156 valence electrons. The number of hydrogen-bond donors (Lipinski definition) is 1. The number of fused-ring (bicyclic) bond motifs is 1. The third kappa shape index (κ3) is 5.03. The summed E-state index contributed by atoms with van der Waals surface area (Å²) in [7, 11) is 4.06. The van der Waals surface area contributed by atoms with Crippen LogP contribution in [-0.2, 0) is 13.1 Å². The van der Waals surface area contributed by atoms with E-state index in [-0.39, 0.29) is 5.91 Å². The van der Waals surface area contributed by atoms with Crippen LogP contribution in [0.1, 0.15) is 41.9 Å². The van der Waals surface area contributed by atoms with E-state index in [0.29, 0.717) is 18.2 Å². The van der Waals surface area contributed by atoms with Gasteiger partial charge in [0.15, 0.2) is 0 Å². The van der Waals surface area contributed by atoms with Crippen molar-refractivity contribution in [2.45, 2.75) is 33.4 Å². The predicted molar refractivity (Wildman–Crippen MR) is 117 cm³/mol. The summed E-state index contributed by atoms with van der Waals surface area (Å²) in [6.07, 6.45) is 0.929. The van der Waals surface area contributed by atoms with E-state index in [0.717, 1.165) is 50.5 Å². The molecule has 3 rings (SSSR count). The zero-order chi connectivity index (χ0) is 20.8. The van der Waals surface area contributed by atoms with Crippen molar-refractivity contribution in [3.8, 4) is 0 Å². The minimum atomic E-state index is 0.0110. The van der Waals surface area contributed by atoms with E-state index in [1.165, 1.54) is 5.56 Å². The van der Waals surface area contributed by atoms with Crippen molar-refractivity contribution >= 4 is 17.7 Å². The van der Waals surface area contributed by atoms with E-state index in [1.54, 1.807) is 0 Å². The monoisotopic (exact) mass is 396 g/mol. The van der Waals surface area contributed by atoms with Gasteiger partial charge in [-0.15, -0.1) is 0 Å². The third-order valence-corrected chi connectivity index (χ3v) is 5.06. The summed E-state index contributed by atoms with van der Waals surface area (Å²) in [5.74, 6) is 1.40. The second-order valence-electron chi connectivity index (χ2n) is 7.65. The van der Waals surface area contributed by atoms with Crippen LogP contribution in [0, 0.1) is 0 Å². The van der Waals surface area contributed by atoms with E-state index in [9.17, 15) is 4.79 Å². The number of likely N-dealkylation sites (N-methyl/N-ethyl adjacent to an activating group) is 1. The Kier molecular flexibility index (Phi) is 7.04. The first-order chi connectivity index (χ1) is 14.0. The fourth-order valence-corrected chi connectivity index (χ4v) is 3.53. The number of nitrogens with zero attached hydrogens (tertiary/aromatic N) is 5. The van der Waals surface area contributed by atoms with Gasteiger partial charge >= 0.3 is 0 Å². The van der Waals surface area contributed by atoms with Gasteiger partial charge in [0.05, 0.1) is 6.54 Å². The Morgan fingerprint density at radius 2 is 1.90 bits per heavy atom. The maximum atomic E-state index is 12.9. The van der Waals surface area contributed by atoms with Crippen LogP contribution in [0.15, 0.2) is 30.3 Å². The van der Waals surface area contributed by atoms with E-state index >= 15 is 0 Å². The molecule has 7 nitrogen and oxygen atoms in total. The first-order valence-corrected chi connectivity index (χ1v) is 10.4. The highest BCUT2D eigenvalue weighted by Gasteiger charge is 2.33. The lowest BCUT2D eigenvalue weighted by Crippen LogP contribution is -2.26. The molecule has 0 unspecified atom stereocenters. The van der Waals surface area contributed by atoms with Crippen molar-refractivity contribution in [3.63, 3.8) is 0 Å². The van der Waals surface area contributed by atoms with Gasteiger partial charge in [-0.05, 0) is 33.0 Å². The van der Waals surface area contributed by atoms with Crippen molar-refractivity contribution in [2.75, 3.05) is 50.5 Å². The van der Waals surface area contributed by atoms with Gasteiger partial charge in [0.25, 0.3) is 5.91 Å². The zero-order valence-electron chi connectivity index (χ0n) is 18.0. The number of rotatable bonds is 10. The molecular formula is C22H32N6O. The van der Waals surface area contributed by atoms with Crippen LogP contribution in [0.2, 0.25) is 0 Å². The van der Waals surface area contributed by atoms with Crippen molar-refractivity contribution < 1.29 is 4.79 Å². The molecule has 2 aromatic rings. The van der Waals surface area contributed by atoms with Crippen LogP contribution < -0.4 is 10.2 Å². The SMILES string of the molecule is CCCN1Cc2c(nc(NCCN(C)C)nc2N(CC)Cc2ccccc2)C1=O. The summed E-state index contributed by atoms with van der Waals surface area (Å²) in [6, 6.07) is 10.4. The minimum absolute atomic E-state index is 0.0110. The molecule has 29 heavy (non-hydrogen) atoms. The molecule has 1 aliphatic rings. The molecular weight excluding hydrogens is 364 g/mol. The Hall–Kier alpha value is -2.67. The first kappa shape index (κ1) is 21.0. The molecule has 7 heteroatoms. The number of nitrogens with one attached hydrogen (secondary N) is 1.